The fourth-order valence-corrected chi connectivity index (χ4v) is 5.20. The van der Waals surface area contributed by atoms with Crippen LogP contribution in [0, 0.1) is 0 Å². The van der Waals surface area contributed by atoms with Crippen molar-refractivity contribution in [3.63, 3.8) is 0 Å². The lowest BCUT2D eigenvalue weighted by Gasteiger charge is -2.45. The Balaban J connectivity index is 2.47. The highest BCUT2D eigenvalue weighted by atomic mass is 16.4. The van der Waals surface area contributed by atoms with E-state index in [9.17, 15) is 49.5 Å². The number of hydrogen-bond acceptors (Lipinski definition) is 8. The molecule has 0 aromatic heterocycles. The summed E-state index contributed by atoms with van der Waals surface area (Å²) in [5.74, 6) is -6.07. The van der Waals surface area contributed by atoms with E-state index in [1.165, 1.54) is 9.80 Å². The highest BCUT2D eigenvalue weighted by Gasteiger charge is 2.38. The molecule has 0 radical (unpaired) electrons. The molecule has 1 saturated carbocycles. The van der Waals surface area contributed by atoms with Gasteiger partial charge in [0.15, 0.2) is 0 Å². The average molecular weight is 538 g/mol. The lowest BCUT2D eigenvalue weighted by atomic mass is 9.87. The van der Waals surface area contributed by atoms with Gasteiger partial charge in [-0.2, -0.15) is 0 Å². The van der Waals surface area contributed by atoms with Gasteiger partial charge in [-0.05, 0) is 24.8 Å². The molecule has 0 aliphatic heterocycles. The maximum absolute atomic E-state index is 11.9. The second-order valence-corrected chi connectivity index (χ2v) is 9.47. The predicted molar refractivity (Wildman–Crippen MR) is 133 cm³/mol. The molecule has 13 nitrogen and oxygen atoms in total. The molecule has 210 valence electrons. The van der Waals surface area contributed by atoms with Gasteiger partial charge in [0, 0.05) is 24.7 Å². The van der Waals surface area contributed by atoms with Crippen LogP contribution in [0.2, 0.25) is 0 Å². The Morgan fingerprint density at radius 1 is 0.658 bits per heavy atom. The van der Waals surface area contributed by atoms with E-state index in [1.54, 1.807) is 35.2 Å². The topological polar surface area (TPSA) is 196 Å². The second-order valence-electron chi connectivity index (χ2n) is 9.47. The Hall–Kier alpha value is -3.55. The van der Waals surface area contributed by atoms with E-state index in [0.717, 1.165) is 5.56 Å². The number of carbonyl (C=O) groups is 5. The third-order valence-corrected chi connectivity index (χ3v) is 6.60. The summed E-state index contributed by atoms with van der Waals surface area (Å²) in [5.41, 5.74) is 0.798. The van der Waals surface area contributed by atoms with E-state index in [1.807, 2.05) is 0 Å². The first-order chi connectivity index (χ1) is 18.0. The van der Waals surface area contributed by atoms with Crippen LogP contribution in [0.15, 0.2) is 30.3 Å². The number of aliphatic carboxylic acids is 5. The zero-order valence-electron chi connectivity index (χ0n) is 21.0. The van der Waals surface area contributed by atoms with Crippen molar-refractivity contribution in [2.24, 2.45) is 0 Å². The third kappa shape index (κ3) is 10.4. The second kappa shape index (κ2) is 15.0. The average Bonchev–Trinajstić information content (AvgIpc) is 2.81. The van der Waals surface area contributed by atoms with Gasteiger partial charge < -0.3 is 25.5 Å². The molecule has 0 amide bonds. The molecule has 38 heavy (non-hydrogen) atoms. The van der Waals surface area contributed by atoms with Crippen molar-refractivity contribution in [3.05, 3.63) is 35.9 Å². The van der Waals surface area contributed by atoms with Crippen molar-refractivity contribution in [3.8, 4) is 0 Å². The van der Waals surface area contributed by atoms with Crippen LogP contribution >= 0.6 is 0 Å². The Kier molecular flexibility index (Phi) is 12.1. The summed E-state index contributed by atoms with van der Waals surface area (Å²) in [6.07, 6.45) is 2.59. The zero-order valence-corrected chi connectivity index (χ0v) is 21.0. The standard InChI is InChI=1S/C25H35N3O10/c29-21(30)12-26(13-22(31)32)18(10-17-6-2-1-3-7-17)11-27(14-23(33)34)19-8-4-5-9-20(19)28(15-24(35)36)16-25(37)38/h1-3,6-7,18-20H,4-5,8-16H2,(H,29,30)(H,31,32)(H,33,34)(H,35,36)(H,37,38)/t18-,19-,20+/m0/s1. The molecular formula is C25H35N3O10. The van der Waals surface area contributed by atoms with E-state index in [4.69, 9.17) is 0 Å². The van der Waals surface area contributed by atoms with Crippen molar-refractivity contribution < 1.29 is 49.5 Å². The minimum Gasteiger partial charge on any atom is -0.480 e. The fraction of sp³-hybridized carbons (Fsp3) is 0.560. The van der Waals surface area contributed by atoms with Crippen molar-refractivity contribution in [2.45, 2.75) is 50.2 Å². The van der Waals surface area contributed by atoms with Crippen molar-refractivity contribution in [2.75, 3.05) is 39.3 Å². The zero-order chi connectivity index (χ0) is 28.2. The maximum atomic E-state index is 11.9. The number of nitrogens with zero attached hydrogens (tertiary/aromatic N) is 3. The molecule has 3 atom stereocenters. The number of carboxylic acid groups (broad SMARTS) is 5. The Bertz CT molecular complexity index is 941. The summed E-state index contributed by atoms with van der Waals surface area (Å²) in [7, 11) is 0. The number of rotatable bonds is 17. The highest BCUT2D eigenvalue weighted by molar-refractivity contribution is 5.73. The van der Waals surface area contributed by atoms with Gasteiger partial charge in [-0.3, -0.25) is 38.7 Å². The Morgan fingerprint density at radius 3 is 1.53 bits per heavy atom. The first kappa shape index (κ1) is 30.7. The minimum absolute atomic E-state index is 0.0170. The summed E-state index contributed by atoms with van der Waals surface area (Å²) in [5, 5.41) is 47.4. The van der Waals surface area contributed by atoms with Crippen LogP contribution in [0.4, 0.5) is 0 Å². The van der Waals surface area contributed by atoms with Crippen LogP contribution in [0.1, 0.15) is 31.2 Å². The summed E-state index contributed by atoms with van der Waals surface area (Å²) in [6, 6.07) is 7.17. The van der Waals surface area contributed by atoms with Gasteiger partial charge in [-0.1, -0.05) is 43.2 Å². The SMILES string of the molecule is O=C(O)CN(CC(=O)O)[C@@H](Cc1ccccc1)CN(CC(=O)O)[C@H]1CCCC[C@H]1N(CC(=O)O)CC(=O)O. The number of hydrogen-bond donors (Lipinski definition) is 5. The Labute approximate surface area is 219 Å². The molecule has 1 aliphatic rings. The van der Waals surface area contributed by atoms with Gasteiger partial charge in [0.05, 0.1) is 32.7 Å². The van der Waals surface area contributed by atoms with Gasteiger partial charge >= 0.3 is 29.8 Å². The molecule has 1 aliphatic carbocycles. The van der Waals surface area contributed by atoms with Crippen LogP contribution in [-0.2, 0) is 30.4 Å². The van der Waals surface area contributed by atoms with Crippen LogP contribution in [0.3, 0.4) is 0 Å². The lowest BCUT2D eigenvalue weighted by molar-refractivity contribution is -0.146. The van der Waals surface area contributed by atoms with Crippen molar-refractivity contribution in [1.82, 2.24) is 14.7 Å². The molecular weight excluding hydrogens is 502 g/mol. The molecule has 0 heterocycles. The minimum atomic E-state index is -1.24. The molecule has 1 aromatic carbocycles. The summed E-state index contributed by atoms with van der Waals surface area (Å²) >= 11 is 0. The highest BCUT2D eigenvalue weighted by Crippen LogP contribution is 2.28. The monoisotopic (exact) mass is 537 g/mol. The van der Waals surface area contributed by atoms with E-state index in [0.29, 0.717) is 25.7 Å². The van der Waals surface area contributed by atoms with Gasteiger partial charge in [-0.15, -0.1) is 0 Å². The van der Waals surface area contributed by atoms with Gasteiger partial charge in [0.2, 0.25) is 0 Å². The quantitative estimate of drug-likeness (QED) is 0.181. The largest absolute Gasteiger partial charge is 0.480 e. The molecule has 0 bridgehead atoms. The van der Waals surface area contributed by atoms with Crippen molar-refractivity contribution >= 4 is 29.8 Å². The molecule has 2 rings (SSSR count). The Morgan fingerprint density at radius 2 is 1.08 bits per heavy atom. The van der Waals surface area contributed by atoms with E-state index in [-0.39, 0.29) is 13.0 Å². The molecule has 0 spiro atoms. The maximum Gasteiger partial charge on any atom is 0.317 e. The normalized spacial score (nSPS) is 18.4. The van der Waals surface area contributed by atoms with Crippen LogP contribution in [0.5, 0.6) is 0 Å². The summed E-state index contributed by atoms with van der Waals surface area (Å²) < 4.78 is 0. The van der Waals surface area contributed by atoms with E-state index < -0.39 is 80.7 Å². The third-order valence-electron chi connectivity index (χ3n) is 6.60. The first-order valence-corrected chi connectivity index (χ1v) is 12.3. The van der Waals surface area contributed by atoms with Gasteiger partial charge in [-0.25, -0.2) is 0 Å². The molecule has 5 N–H and O–H groups in total. The van der Waals surface area contributed by atoms with Crippen LogP contribution in [0.25, 0.3) is 0 Å². The number of carboxylic acids is 5. The predicted octanol–water partition coefficient (Wildman–Crippen LogP) is 0.238. The van der Waals surface area contributed by atoms with Crippen molar-refractivity contribution in [1.29, 1.82) is 0 Å². The number of benzene rings is 1. The van der Waals surface area contributed by atoms with E-state index >= 15 is 0 Å². The fourth-order valence-electron chi connectivity index (χ4n) is 5.20. The van der Waals surface area contributed by atoms with Crippen LogP contribution < -0.4 is 0 Å². The molecule has 1 fully saturated rings. The molecule has 0 unspecified atom stereocenters. The van der Waals surface area contributed by atoms with Gasteiger partial charge in [0.1, 0.15) is 0 Å². The summed E-state index contributed by atoms with van der Waals surface area (Å²) in [6.45, 7) is -2.71. The molecule has 1 aromatic rings. The smallest absolute Gasteiger partial charge is 0.317 e. The van der Waals surface area contributed by atoms with E-state index in [2.05, 4.69) is 0 Å². The van der Waals surface area contributed by atoms with Crippen LogP contribution in [-0.4, -0.2) is 127 Å². The first-order valence-electron chi connectivity index (χ1n) is 12.3. The molecule has 0 saturated heterocycles. The van der Waals surface area contributed by atoms with Gasteiger partial charge in [0.25, 0.3) is 0 Å². The summed E-state index contributed by atoms with van der Waals surface area (Å²) in [4.78, 5) is 62.3. The lowest BCUT2D eigenvalue weighted by Crippen LogP contribution is -2.59. The molecule has 13 heteroatoms.